The fourth-order valence-corrected chi connectivity index (χ4v) is 2.42. The third kappa shape index (κ3) is 2.66. The van der Waals surface area contributed by atoms with E-state index in [0.29, 0.717) is 0 Å². The van der Waals surface area contributed by atoms with Gasteiger partial charge in [-0.1, -0.05) is 19.1 Å². The minimum atomic E-state index is -1.35. The summed E-state index contributed by atoms with van der Waals surface area (Å²) in [5.41, 5.74) is 1.70. The van der Waals surface area contributed by atoms with E-state index in [1.54, 1.807) is 12.1 Å². The molecule has 1 aliphatic heterocycles. The topological polar surface area (TPSA) is 90.2 Å². The van der Waals surface area contributed by atoms with E-state index in [0.717, 1.165) is 17.5 Å². The SMILES string of the molecule is CCc1cc[c]cc1[C@@H]1O[C@H](CO)[C@@H](O)[C@H](O)[C@H]1O. The Morgan fingerprint density at radius 3 is 2.58 bits per heavy atom. The molecule has 0 aliphatic carbocycles. The van der Waals surface area contributed by atoms with Crippen LogP contribution >= 0.6 is 0 Å². The Kier molecular flexibility index (Phi) is 4.54. The predicted octanol–water partition coefficient (Wildman–Crippen LogP) is -0.436. The molecule has 0 unspecified atom stereocenters. The lowest BCUT2D eigenvalue weighted by atomic mass is 9.89. The van der Waals surface area contributed by atoms with E-state index in [1.165, 1.54) is 0 Å². The Bertz CT molecular complexity index is 420. The molecule has 4 N–H and O–H groups in total. The Labute approximate surface area is 112 Å². The minimum absolute atomic E-state index is 0.417. The van der Waals surface area contributed by atoms with Gasteiger partial charge in [-0.15, -0.1) is 0 Å². The van der Waals surface area contributed by atoms with Crippen molar-refractivity contribution in [2.24, 2.45) is 0 Å². The molecule has 105 valence electrons. The number of rotatable bonds is 3. The van der Waals surface area contributed by atoms with Gasteiger partial charge in [-0.2, -0.15) is 0 Å². The van der Waals surface area contributed by atoms with Crippen molar-refractivity contribution in [3.05, 3.63) is 35.4 Å². The fourth-order valence-electron chi connectivity index (χ4n) is 2.42. The quantitative estimate of drug-likeness (QED) is 0.596. The van der Waals surface area contributed by atoms with E-state index in [2.05, 4.69) is 6.07 Å². The first-order chi connectivity index (χ1) is 9.10. The van der Waals surface area contributed by atoms with Crippen LogP contribution in [0.2, 0.25) is 0 Å². The monoisotopic (exact) mass is 267 g/mol. The molecule has 1 saturated heterocycles. The molecule has 5 nitrogen and oxygen atoms in total. The van der Waals surface area contributed by atoms with Gasteiger partial charge in [0.05, 0.1) is 6.61 Å². The van der Waals surface area contributed by atoms with Gasteiger partial charge in [0.2, 0.25) is 0 Å². The van der Waals surface area contributed by atoms with Crippen molar-refractivity contribution < 1.29 is 25.2 Å². The van der Waals surface area contributed by atoms with Gasteiger partial charge in [0, 0.05) is 0 Å². The number of aliphatic hydroxyl groups excluding tert-OH is 4. The molecular formula is C14H19O5. The average Bonchev–Trinajstić information content (AvgIpc) is 2.45. The lowest BCUT2D eigenvalue weighted by Crippen LogP contribution is -2.55. The van der Waals surface area contributed by atoms with Crippen molar-refractivity contribution in [2.75, 3.05) is 6.61 Å². The van der Waals surface area contributed by atoms with Crippen LogP contribution in [0.1, 0.15) is 24.2 Å². The first kappa shape index (κ1) is 14.4. The zero-order valence-corrected chi connectivity index (χ0v) is 10.7. The molecule has 1 aliphatic rings. The third-order valence-electron chi connectivity index (χ3n) is 3.57. The van der Waals surface area contributed by atoms with Crippen molar-refractivity contribution in [3.8, 4) is 0 Å². The van der Waals surface area contributed by atoms with Crippen LogP contribution in [0, 0.1) is 6.07 Å². The van der Waals surface area contributed by atoms with Crippen LogP contribution < -0.4 is 0 Å². The van der Waals surface area contributed by atoms with E-state index in [9.17, 15) is 20.4 Å². The van der Waals surface area contributed by atoms with Crippen LogP contribution in [0.15, 0.2) is 18.2 Å². The van der Waals surface area contributed by atoms with Gasteiger partial charge < -0.3 is 25.2 Å². The molecule has 1 radical (unpaired) electrons. The van der Waals surface area contributed by atoms with Gasteiger partial charge in [-0.25, -0.2) is 0 Å². The maximum Gasteiger partial charge on any atom is 0.113 e. The molecule has 0 aromatic heterocycles. The molecule has 5 atom stereocenters. The summed E-state index contributed by atoms with van der Waals surface area (Å²) in [6, 6.07) is 8.26. The van der Waals surface area contributed by atoms with Crippen molar-refractivity contribution >= 4 is 0 Å². The second-order valence-corrected chi connectivity index (χ2v) is 4.73. The summed E-state index contributed by atoms with van der Waals surface area (Å²) in [7, 11) is 0. The summed E-state index contributed by atoms with van der Waals surface area (Å²) in [5, 5.41) is 38.8. The van der Waals surface area contributed by atoms with Crippen molar-refractivity contribution in [3.63, 3.8) is 0 Å². The smallest absolute Gasteiger partial charge is 0.113 e. The summed E-state index contributed by atoms with van der Waals surface area (Å²) in [6.45, 7) is 1.56. The zero-order chi connectivity index (χ0) is 14.0. The van der Waals surface area contributed by atoms with E-state index >= 15 is 0 Å². The van der Waals surface area contributed by atoms with Gasteiger partial charge in [0.1, 0.15) is 30.5 Å². The van der Waals surface area contributed by atoms with Crippen molar-refractivity contribution in [1.29, 1.82) is 0 Å². The van der Waals surface area contributed by atoms with E-state index < -0.39 is 37.1 Å². The molecule has 1 fully saturated rings. The van der Waals surface area contributed by atoms with Crippen molar-refractivity contribution in [1.82, 2.24) is 0 Å². The molecule has 1 heterocycles. The van der Waals surface area contributed by atoms with E-state index in [1.807, 2.05) is 13.0 Å². The zero-order valence-electron chi connectivity index (χ0n) is 10.7. The fraction of sp³-hybridized carbons (Fsp3) is 0.571. The highest BCUT2D eigenvalue weighted by atomic mass is 16.5. The molecule has 0 bridgehead atoms. The Morgan fingerprint density at radius 1 is 1.21 bits per heavy atom. The Hall–Kier alpha value is -0.980. The van der Waals surface area contributed by atoms with Crippen LogP contribution in [0.4, 0.5) is 0 Å². The second kappa shape index (κ2) is 5.98. The van der Waals surface area contributed by atoms with Crippen LogP contribution in [-0.2, 0) is 11.2 Å². The largest absolute Gasteiger partial charge is 0.394 e. The highest BCUT2D eigenvalue weighted by molar-refractivity contribution is 5.30. The van der Waals surface area contributed by atoms with Crippen LogP contribution in [0.25, 0.3) is 0 Å². The third-order valence-corrected chi connectivity index (χ3v) is 3.57. The van der Waals surface area contributed by atoms with Crippen LogP contribution in [-0.4, -0.2) is 51.4 Å². The number of benzene rings is 1. The molecule has 19 heavy (non-hydrogen) atoms. The van der Waals surface area contributed by atoms with E-state index in [4.69, 9.17) is 4.74 Å². The number of ether oxygens (including phenoxy) is 1. The standard InChI is InChI=1S/C14H19O5/c1-2-8-5-3-4-6-9(8)14-13(18)12(17)11(16)10(7-15)19-14/h3,5-6,10-18H,2,7H2,1H3/t10-,11-,12+,13-,14+/m1/s1. The number of aryl methyl sites for hydroxylation is 1. The summed E-state index contributed by atoms with van der Waals surface area (Å²) >= 11 is 0. The number of aliphatic hydroxyl groups is 4. The summed E-state index contributed by atoms with van der Waals surface area (Å²) in [4.78, 5) is 0. The Morgan fingerprint density at radius 2 is 1.95 bits per heavy atom. The molecule has 1 aromatic carbocycles. The molecule has 0 saturated carbocycles. The molecule has 1 aromatic rings. The highest BCUT2D eigenvalue weighted by Crippen LogP contribution is 2.33. The summed E-state index contributed by atoms with van der Waals surface area (Å²) in [6.07, 6.45) is -4.82. The average molecular weight is 267 g/mol. The molecular weight excluding hydrogens is 248 g/mol. The summed E-state index contributed by atoms with van der Waals surface area (Å²) in [5.74, 6) is 0. The predicted molar refractivity (Wildman–Crippen MR) is 67.4 cm³/mol. The number of hydrogen-bond acceptors (Lipinski definition) is 5. The van der Waals surface area contributed by atoms with Gasteiger partial charge in [0.15, 0.2) is 0 Å². The maximum atomic E-state index is 10.1. The van der Waals surface area contributed by atoms with Gasteiger partial charge in [-0.3, -0.25) is 0 Å². The second-order valence-electron chi connectivity index (χ2n) is 4.73. The number of hydrogen-bond donors (Lipinski definition) is 4. The van der Waals surface area contributed by atoms with Gasteiger partial charge in [0.25, 0.3) is 0 Å². The Balaban J connectivity index is 2.32. The van der Waals surface area contributed by atoms with Crippen molar-refractivity contribution in [2.45, 2.75) is 43.9 Å². The first-order valence-electron chi connectivity index (χ1n) is 6.39. The lowest BCUT2D eigenvalue weighted by Gasteiger charge is -2.40. The molecule has 0 spiro atoms. The minimum Gasteiger partial charge on any atom is -0.394 e. The molecule has 2 rings (SSSR count). The maximum absolute atomic E-state index is 10.1. The normalized spacial score (nSPS) is 35.3. The van der Waals surface area contributed by atoms with Gasteiger partial charge in [-0.05, 0) is 29.7 Å². The lowest BCUT2D eigenvalue weighted by molar-refractivity contribution is -0.231. The van der Waals surface area contributed by atoms with E-state index in [-0.39, 0.29) is 0 Å². The van der Waals surface area contributed by atoms with Crippen LogP contribution in [0.5, 0.6) is 0 Å². The molecule has 0 amide bonds. The summed E-state index contributed by atoms with van der Waals surface area (Å²) < 4.78 is 5.53. The molecule has 5 heteroatoms. The van der Waals surface area contributed by atoms with Crippen LogP contribution in [0.3, 0.4) is 0 Å². The first-order valence-corrected chi connectivity index (χ1v) is 6.39. The highest BCUT2D eigenvalue weighted by Gasteiger charge is 2.44. The van der Waals surface area contributed by atoms with Gasteiger partial charge >= 0.3 is 0 Å².